The van der Waals surface area contributed by atoms with E-state index in [1.165, 1.54) is 13.1 Å². The molecule has 0 aromatic carbocycles. The zero-order valence-electron chi connectivity index (χ0n) is 15.0. The van der Waals surface area contributed by atoms with Gasteiger partial charge in [0.25, 0.3) is 5.56 Å². The molecule has 6 N–H and O–H groups in total. The third-order valence-electron chi connectivity index (χ3n) is 4.97. The number of hydrogen-bond acceptors (Lipinski definition) is 10. The Morgan fingerprint density at radius 2 is 1.79 bits per heavy atom. The van der Waals surface area contributed by atoms with Crippen LogP contribution < -0.4 is 11.2 Å². The first-order valence-corrected chi connectivity index (χ1v) is 8.81. The van der Waals surface area contributed by atoms with Crippen molar-refractivity contribution in [2.24, 2.45) is 0 Å². The van der Waals surface area contributed by atoms with Crippen LogP contribution in [0.25, 0.3) is 0 Å². The van der Waals surface area contributed by atoms with Crippen molar-refractivity contribution in [2.45, 2.75) is 62.5 Å². The van der Waals surface area contributed by atoms with Gasteiger partial charge in [0.2, 0.25) is 0 Å². The van der Waals surface area contributed by atoms with Crippen LogP contribution in [0.2, 0.25) is 0 Å². The maximum absolute atomic E-state index is 12.1. The van der Waals surface area contributed by atoms with E-state index in [0.29, 0.717) is 5.56 Å². The van der Waals surface area contributed by atoms with Gasteiger partial charge in [-0.25, -0.2) is 4.79 Å². The van der Waals surface area contributed by atoms with Gasteiger partial charge in [0, 0.05) is 18.2 Å². The average molecular weight is 404 g/mol. The number of ether oxygens (including phenoxy) is 3. The van der Waals surface area contributed by atoms with Crippen LogP contribution in [0.3, 0.4) is 0 Å². The highest BCUT2D eigenvalue weighted by Gasteiger charge is 2.47. The van der Waals surface area contributed by atoms with Gasteiger partial charge in [-0.3, -0.25) is 14.3 Å². The van der Waals surface area contributed by atoms with Gasteiger partial charge in [-0.05, 0) is 6.92 Å². The van der Waals surface area contributed by atoms with Crippen molar-refractivity contribution in [3.05, 3.63) is 32.6 Å². The molecule has 2 fully saturated rings. The lowest BCUT2D eigenvalue weighted by atomic mass is 9.99. The van der Waals surface area contributed by atoms with Crippen molar-refractivity contribution in [1.82, 2.24) is 9.55 Å². The van der Waals surface area contributed by atoms with Gasteiger partial charge < -0.3 is 39.7 Å². The van der Waals surface area contributed by atoms with Crippen molar-refractivity contribution < 1.29 is 39.7 Å². The third-order valence-corrected chi connectivity index (χ3v) is 4.97. The molecule has 158 valence electrons. The summed E-state index contributed by atoms with van der Waals surface area (Å²) < 4.78 is 17.7. The summed E-state index contributed by atoms with van der Waals surface area (Å²) in [7, 11) is 0. The highest BCUT2D eigenvalue weighted by molar-refractivity contribution is 5.02. The lowest BCUT2D eigenvalue weighted by molar-refractivity contribution is -0.314. The summed E-state index contributed by atoms with van der Waals surface area (Å²) in [6, 6.07) is 0. The number of aryl methyl sites for hydroxylation is 1. The van der Waals surface area contributed by atoms with E-state index in [2.05, 4.69) is 4.98 Å². The van der Waals surface area contributed by atoms with Gasteiger partial charge in [0.15, 0.2) is 6.29 Å². The van der Waals surface area contributed by atoms with Crippen LogP contribution in [-0.2, 0) is 14.2 Å². The first-order chi connectivity index (χ1) is 13.3. The molecule has 1 aromatic rings. The smallest absolute Gasteiger partial charge is 0.330 e. The van der Waals surface area contributed by atoms with Gasteiger partial charge in [0.05, 0.1) is 19.3 Å². The second kappa shape index (κ2) is 8.39. The molecule has 1 aromatic heterocycles. The zero-order valence-corrected chi connectivity index (χ0v) is 15.0. The Kier molecular flexibility index (Phi) is 6.31. The van der Waals surface area contributed by atoms with E-state index in [1.54, 1.807) is 0 Å². The van der Waals surface area contributed by atoms with Gasteiger partial charge in [-0.1, -0.05) is 0 Å². The summed E-state index contributed by atoms with van der Waals surface area (Å²) in [4.78, 5) is 25.7. The standard InChI is InChI=1S/C16H24N2O10/c1-6-3-18(16(25)17-14(6)24)10-2-7(8(4-19)26-10)27-15-13(23)12(22)11(21)9(5-20)28-15/h3,7-13,15,19-23H,2,4-5H2,1H3,(H,17,24,25)/t7?,8-,9?,10-,11-,12+,13?,15+/m1/s1. The summed E-state index contributed by atoms with van der Waals surface area (Å²) in [5, 5.41) is 48.6. The first kappa shape index (κ1) is 21.1. The molecule has 28 heavy (non-hydrogen) atoms. The maximum Gasteiger partial charge on any atom is 0.330 e. The van der Waals surface area contributed by atoms with Crippen molar-refractivity contribution >= 4 is 0 Å². The second-order valence-corrected chi connectivity index (χ2v) is 6.90. The zero-order chi connectivity index (χ0) is 20.6. The number of aromatic nitrogens is 2. The van der Waals surface area contributed by atoms with Gasteiger partial charge in [-0.15, -0.1) is 0 Å². The molecule has 0 spiro atoms. The minimum atomic E-state index is -1.61. The van der Waals surface area contributed by atoms with Crippen LogP contribution in [-0.4, -0.2) is 91.2 Å². The predicted molar refractivity (Wildman–Crippen MR) is 90.3 cm³/mol. The van der Waals surface area contributed by atoms with E-state index in [9.17, 15) is 35.1 Å². The van der Waals surface area contributed by atoms with Crippen LogP contribution in [0.4, 0.5) is 0 Å². The topological polar surface area (TPSA) is 184 Å². The highest BCUT2D eigenvalue weighted by atomic mass is 16.7. The fourth-order valence-corrected chi connectivity index (χ4v) is 3.33. The number of hydrogen-bond donors (Lipinski definition) is 6. The second-order valence-electron chi connectivity index (χ2n) is 6.90. The molecule has 12 heteroatoms. The molecule has 2 saturated heterocycles. The minimum Gasteiger partial charge on any atom is -0.394 e. The number of aliphatic hydroxyl groups is 5. The van der Waals surface area contributed by atoms with Gasteiger partial charge >= 0.3 is 5.69 Å². The van der Waals surface area contributed by atoms with Crippen LogP contribution in [0.1, 0.15) is 18.2 Å². The molecule has 0 saturated carbocycles. The Morgan fingerprint density at radius 3 is 2.43 bits per heavy atom. The summed E-state index contributed by atoms with van der Waals surface area (Å²) in [6.07, 6.45) is -8.43. The molecular formula is C16H24N2O10. The number of nitrogens with one attached hydrogen (secondary N) is 1. The molecule has 12 nitrogen and oxygen atoms in total. The normalized spacial score (nSPS) is 38.6. The fraction of sp³-hybridized carbons (Fsp3) is 0.750. The Balaban J connectivity index is 1.77. The number of nitrogens with zero attached hydrogens (tertiary/aromatic N) is 1. The van der Waals surface area contributed by atoms with Crippen LogP contribution in [0, 0.1) is 6.92 Å². The molecule has 2 aliphatic heterocycles. The largest absolute Gasteiger partial charge is 0.394 e. The quantitative estimate of drug-likeness (QED) is 0.286. The Labute approximate surface area is 158 Å². The molecule has 3 heterocycles. The summed E-state index contributed by atoms with van der Waals surface area (Å²) >= 11 is 0. The molecular weight excluding hydrogens is 380 g/mol. The molecule has 3 unspecified atom stereocenters. The van der Waals surface area contributed by atoms with Crippen molar-refractivity contribution in [3.63, 3.8) is 0 Å². The SMILES string of the molecule is Cc1cn([C@H]2CC(O[C@H]3OC(CO)[C@@H](O)[C@H](O)C3O)[C@@H](CO)O2)c(=O)[nH]c1=O. The van der Waals surface area contributed by atoms with E-state index < -0.39 is 73.6 Å². The minimum absolute atomic E-state index is 0.0750. The molecule has 3 rings (SSSR count). The van der Waals surface area contributed by atoms with Gasteiger partial charge in [0.1, 0.15) is 36.7 Å². The molecule has 0 radical (unpaired) electrons. The number of H-pyrrole nitrogens is 1. The van der Waals surface area contributed by atoms with Crippen LogP contribution in [0.5, 0.6) is 0 Å². The molecule has 0 bridgehead atoms. The third kappa shape index (κ3) is 3.90. The first-order valence-electron chi connectivity index (χ1n) is 8.81. The molecule has 0 aliphatic carbocycles. The summed E-state index contributed by atoms with van der Waals surface area (Å²) in [6.45, 7) is 0.453. The van der Waals surface area contributed by atoms with E-state index in [1.807, 2.05) is 0 Å². The van der Waals surface area contributed by atoms with E-state index in [0.717, 1.165) is 4.57 Å². The lowest BCUT2D eigenvalue weighted by Gasteiger charge is -2.40. The number of aliphatic hydroxyl groups excluding tert-OH is 5. The lowest BCUT2D eigenvalue weighted by Crippen LogP contribution is -2.60. The predicted octanol–water partition coefficient (Wildman–Crippen LogP) is -3.69. The average Bonchev–Trinajstić information content (AvgIpc) is 3.07. The van der Waals surface area contributed by atoms with Crippen LogP contribution in [0.15, 0.2) is 15.8 Å². The van der Waals surface area contributed by atoms with E-state index >= 15 is 0 Å². The van der Waals surface area contributed by atoms with Crippen molar-refractivity contribution in [2.75, 3.05) is 13.2 Å². The Bertz CT molecular complexity index is 792. The highest BCUT2D eigenvalue weighted by Crippen LogP contribution is 2.32. The summed E-state index contributed by atoms with van der Waals surface area (Å²) in [5.41, 5.74) is -0.917. The maximum atomic E-state index is 12.1. The van der Waals surface area contributed by atoms with E-state index in [4.69, 9.17) is 14.2 Å². The van der Waals surface area contributed by atoms with Crippen molar-refractivity contribution in [1.29, 1.82) is 0 Å². The van der Waals surface area contributed by atoms with Gasteiger partial charge in [-0.2, -0.15) is 0 Å². The monoisotopic (exact) mass is 404 g/mol. The molecule has 2 aliphatic rings. The Hall–Kier alpha value is -1.64. The molecule has 0 amide bonds. The number of aromatic amines is 1. The van der Waals surface area contributed by atoms with E-state index in [-0.39, 0.29) is 6.42 Å². The summed E-state index contributed by atoms with van der Waals surface area (Å²) in [5.74, 6) is 0. The fourth-order valence-electron chi connectivity index (χ4n) is 3.33. The number of rotatable bonds is 5. The Morgan fingerprint density at radius 1 is 1.11 bits per heavy atom. The van der Waals surface area contributed by atoms with Crippen molar-refractivity contribution in [3.8, 4) is 0 Å². The van der Waals surface area contributed by atoms with Crippen LogP contribution >= 0.6 is 0 Å². The molecule has 8 atom stereocenters.